The third-order valence-electron chi connectivity index (χ3n) is 3.83. The fraction of sp³-hybridized carbons (Fsp3) is 0.600. The SMILES string of the molecule is CC(C)c1cc(C(=O)N(C)CC2CC2C)cc(N)n1. The maximum atomic E-state index is 12.4. The van der Waals surface area contributed by atoms with Crippen LogP contribution < -0.4 is 5.73 Å². The van der Waals surface area contributed by atoms with Crippen LogP contribution in [0, 0.1) is 11.8 Å². The molecule has 0 radical (unpaired) electrons. The van der Waals surface area contributed by atoms with Crippen molar-refractivity contribution in [2.75, 3.05) is 19.3 Å². The number of nitrogens with two attached hydrogens (primary N) is 1. The second kappa shape index (κ2) is 5.19. The van der Waals surface area contributed by atoms with E-state index in [0.717, 1.165) is 18.2 Å². The Balaban J connectivity index is 2.13. The van der Waals surface area contributed by atoms with Crippen LogP contribution >= 0.6 is 0 Å². The molecule has 0 aliphatic heterocycles. The van der Waals surface area contributed by atoms with Crippen molar-refractivity contribution in [1.29, 1.82) is 0 Å². The first-order chi connectivity index (χ1) is 8.88. The van der Waals surface area contributed by atoms with Crippen molar-refractivity contribution in [1.82, 2.24) is 9.88 Å². The maximum Gasteiger partial charge on any atom is 0.253 e. The van der Waals surface area contributed by atoms with Gasteiger partial charge in [0.25, 0.3) is 5.91 Å². The second-order valence-electron chi connectivity index (χ2n) is 6.02. The van der Waals surface area contributed by atoms with E-state index in [1.165, 1.54) is 6.42 Å². The number of carbonyl (C=O) groups excluding carboxylic acids is 1. The zero-order chi connectivity index (χ0) is 14.2. The number of amides is 1. The first kappa shape index (κ1) is 13.8. The van der Waals surface area contributed by atoms with Gasteiger partial charge in [0.05, 0.1) is 0 Å². The summed E-state index contributed by atoms with van der Waals surface area (Å²) in [4.78, 5) is 18.5. The van der Waals surface area contributed by atoms with Gasteiger partial charge in [0, 0.05) is 24.8 Å². The summed E-state index contributed by atoms with van der Waals surface area (Å²) in [6, 6.07) is 3.53. The van der Waals surface area contributed by atoms with Crippen molar-refractivity contribution in [3.05, 3.63) is 23.4 Å². The van der Waals surface area contributed by atoms with Gasteiger partial charge in [-0.05, 0) is 36.3 Å². The molecule has 2 rings (SSSR count). The van der Waals surface area contributed by atoms with Crippen molar-refractivity contribution < 1.29 is 4.79 Å². The molecule has 2 atom stereocenters. The van der Waals surface area contributed by atoms with Crippen molar-refractivity contribution in [3.8, 4) is 0 Å². The van der Waals surface area contributed by atoms with Crippen LogP contribution in [-0.2, 0) is 0 Å². The van der Waals surface area contributed by atoms with Crippen LogP contribution in [0.1, 0.15) is 49.2 Å². The molecule has 19 heavy (non-hydrogen) atoms. The summed E-state index contributed by atoms with van der Waals surface area (Å²) in [5.74, 6) is 2.14. The molecule has 4 heteroatoms. The van der Waals surface area contributed by atoms with Crippen molar-refractivity contribution in [3.63, 3.8) is 0 Å². The van der Waals surface area contributed by atoms with Gasteiger partial charge in [0.15, 0.2) is 0 Å². The Morgan fingerprint density at radius 3 is 2.68 bits per heavy atom. The topological polar surface area (TPSA) is 59.2 Å². The van der Waals surface area contributed by atoms with Crippen LogP contribution in [-0.4, -0.2) is 29.4 Å². The van der Waals surface area contributed by atoms with Gasteiger partial charge in [0.2, 0.25) is 0 Å². The summed E-state index contributed by atoms with van der Waals surface area (Å²) in [6.07, 6.45) is 1.23. The van der Waals surface area contributed by atoms with Crippen LogP contribution in [0.2, 0.25) is 0 Å². The third-order valence-corrected chi connectivity index (χ3v) is 3.83. The van der Waals surface area contributed by atoms with E-state index in [1.807, 2.05) is 27.0 Å². The minimum Gasteiger partial charge on any atom is -0.384 e. The number of nitrogen functional groups attached to an aromatic ring is 1. The lowest BCUT2D eigenvalue weighted by molar-refractivity contribution is 0.0787. The van der Waals surface area contributed by atoms with Gasteiger partial charge in [0.1, 0.15) is 5.82 Å². The van der Waals surface area contributed by atoms with E-state index < -0.39 is 0 Å². The van der Waals surface area contributed by atoms with E-state index in [9.17, 15) is 4.79 Å². The van der Waals surface area contributed by atoms with Crippen LogP contribution in [0.4, 0.5) is 5.82 Å². The molecule has 1 fully saturated rings. The summed E-state index contributed by atoms with van der Waals surface area (Å²) < 4.78 is 0. The summed E-state index contributed by atoms with van der Waals surface area (Å²) in [5.41, 5.74) is 7.31. The van der Waals surface area contributed by atoms with Gasteiger partial charge in [-0.25, -0.2) is 4.98 Å². The predicted octanol–water partition coefficient (Wildman–Crippen LogP) is 2.52. The molecular formula is C15H23N3O. The van der Waals surface area contributed by atoms with Crippen LogP contribution in [0.5, 0.6) is 0 Å². The number of pyridine rings is 1. The molecule has 104 valence electrons. The molecule has 1 aromatic rings. The highest BCUT2D eigenvalue weighted by Gasteiger charge is 2.34. The Morgan fingerprint density at radius 1 is 1.53 bits per heavy atom. The lowest BCUT2D eigenvalue weighted by atomic mass is 10.1. The molecule has 1 aliphatic rings. The van der Waals surface area contributed by atoms with E-state index in [-0.39, 0.29) is 11.8 Å². The third kappa shape index (κ3) is 3.25. The molecular weight excluding hydrogens is 238 g/mol. The average molecular weight is 261 g/mol. The first-order valence-electron chi connectivity index (χ1n) is 6.91. The Hall–Kier alpha value is -1.58. The highest BCUT2D eigenvalue weighted by atomic mass is 16.2. The molecule has 0 saturated heterocycles. The highest BCUT2D eigenvalue weighted by Crippen LogP contribution is 2.38. The summed E-state index contributed by atoms with van der Waals surface area (Å²) in [6.45, 7) is 7.15. The minimum atomic E-state index is 0.0371. The zero-order valence-corrected chi connectivity index (χ0v) is 12.2. The number of hydrogen-bond acceptors (Lipinski definition) is 3. The standard InChI is InChI=1S/C15H23N3O/c1-9(2)13-6-11(7-14(16)17-13)15(19)18(4)8-12-5-10(12)3/h6-7,9-10,12H,5,8H2,1-4H3,(H2,16,17). The Kier molecular flexibility index (Phi) is 3.78. The van der Waals surface area contributed by atoms with Crippen molar-refractivity contribution in [2.45, 2.75) is 33.1 Å². The van der Waals surface area contributed by atoms with Crippen LogP contribution in [0.15, 0.2) is 12.1 Å². The number of aromatic nitrogens is 1. The molecule has 1 saturated carbocycles. The maximum absolute atomic E-state index is 12.4. The van der Waals surface area contributed by atoms with Crippen LogP contribution in [0.3, 0.4) is 0 Å². The molecule has 2 unspecified atom stereocenters. The van der Waals surface area contributed by atoms with Gasteiger partial charge >= 0.3 is 0 Å². The quantitative estimate of drug-likeness (QED) is 0.906. The molecule has 4 nitrogen and oxygen atoms in total. The monoisotopic (exact) mass is 261 g/mol. The lowest BCUT2D eigenvalue weighted by Crippen LogP contribution is -2.29. The van der Waals surface area contributed by atoms with Gasteiger partial charge < -0.3 is 10.6 Å². The molecule has 0 bridgehead atoms. The van der Waals surface area contributed by atoms with Gasteiger partial charge in [-0.2, -0.15) is 0 Å². The fourth-order valence-corrected chi connectivity index (χ4v) is 2.30. The van der Waals surface area contributed by atoms with Crippen molar-refractivity contribution >= 4 is 11.7 Å². The van der Waals surface area contributed by atoms with Crippen molar-refractivity contribution in [2.24, 2.45) is 11.8 Å². The normalized spacial score (nSPS) is 21.5. The number of rotatable bonds is 4. The summed E-state index contributed by atoms with van der Waals surface area (Å²) in [5, 5.41) is 0. The molecule has 1 aromatic heterocycles. The molecule has 1 aliphatic carbocycles. The smallest absolute Gasteiger partial charge is 0.253 e. The molecule has 1 amide bonds. The van der Waals surface area contributed by atoms with E-state index >= 15 is 0 Å². The molecule has 2 N–H and O–H groups in total. The number of anilines is 1. The van der Waals surface area contributed by atoms with Crippen LogP contribution in [0.25, 0.3) is 0 Å². The van der Waals surface area contributed by atoms with E-state index in [4.69, 9.17) is 5.73 Å². The largest absolute Gasteiger partial charge is 0.384 e. The summed E-state index contributed by atoms with van der Waals surface area (Å²) in [7, 11) is 1.86. The highest BCUT2D eigenvalue weighted by molar-refractivity contribution is 5.94. The first-order valence-corrected chi connectivity index (χ1v) is 6.91. The van der Waals surface area contributed by atoms with E-state index in [1.54, 1.807) is 11.0 Å². The van der Waals surface area contributed by atoms with Gasteiger partial charge in [-0.15, -0.1) is 0 Å². The lowest BCUT2D eigenvalue weighted by Gasteiger charge is -2.18. The number of nitrogens with zero attached hydrogens (tertiary/aromatic N) is 2. The molecule has 0 aromatic carbocycles. The Labute approximate surface area is 115 Å². The molecule has 1 heterocycles. The zero-order valence-electron chi connectivity index (χ0n) is 12.2. The number of hydrogen-bond donors (Lipinski definition) is 1. The van der Waals surface area contributed by atoms with Gasteiger partial charge in [-0.1, -0.05) is 20.8 Å². The molecule has 0 spiro atoms. The summed E-state index contributed by atoms with van der Waals surface area (Å²) >= 11 is 0. The average Bonchev–Trinajstić information content (AvgIpc) is 3.02. The van der Waals surface area contributed by atoms with Gasteiger partial charge in [-0.3, -0.25) is 4.79 Å². The Morgan fingerprint density at radius 2 is 2.16 bits per heavy atom. The van der Waals surface area contributed by atoms with E-state index in [2.05, 4.69) is 11.9 Å². The predicted molar refractivity (Wildman–Crippen MR) is 77.0 cm³/mol. The Bertz CT molecular complexity index is 484. The van der Waals surface area contributed by atoms with E-state index in [0.29, 0.717) is 17.3 Å². The fourth-order valence-electron chi connectivity index (χ4n) is 2.30. The minimum absolute atomic E-state index is 0.0371. The second-order valence-corrected chi connectivity index (χ2v) is 6.02. The number of carbonyl (C=O) groups is 1.